The molecule has 2 aromatic rings. The van der Waals surface area contributed by atoms with Crippen molar-refractivity contribution in [1.29, 1.82) is 0 Å². The number of piperidine rings is 1. The molecule has 2 heterocycles. The lowest BCUT2D eigenvalue weighted by molar-refractivity contribution is 0.0691. The number of carboxylic acid groups (broad SMARTS) is 1. The Morgan fingerprint density at radius 2 is 2.04 bits per heavy atom. The Bertz CT molecular complexity index is 853. The van der Waals surface area contributed by atoms with Gasteiger partial charge in [0.2, 0.25) is 0 Å². The van der Waals surface area contributed by atoms with Crippen LogP contribution < -0.4 is 9.64 Å². The van der Waals surface area contributed by atoms with Crippen molar-refractivity contribution in [3.05, 3.63) is 53.2 Å². The van der Waals surface area contributed by atoms with Crippen molar-refractivity contribution < 1.29 is 23.4 Å². The number of pyridine rings is 1. The van der Waals surface area contributed by atoms with E-state index in [2.05, 4.69) is 4.98 Å². The lowest BCUT2D eigenvalue weighted by Crippen LogP contribution is -2.41. The number of ether oxygens (including phenoxy) is 1. The van der Waals surface area contributed by atoms with E-state index in [9.17, 15) is 13.6 Å². The summed E-state index contributed by atoms with van der Waals surface area (Å²) in [6.07, 6.45) is 4.61. The molecule has 0 spiro atoms. The Kier molecular flexibility index (Phi) is 4.68. The van der Waals surface area contributed by atoms with Gasteiger partial charge in [-0.15, -0.1) is 0 Å². The molecule has 1 aromatic heterocycles. The van der Waals surface area contributed by atoms with Crippen molar-refractivity contribution in [2.45, 2.75) is 37.7 Å². The number of rotatable bonds is 5. The quantitative estimate of drug-likeness (QED) is 0.858. The first-order chi connectivity index (χ1) is 13.0. The molecule has 142 valence electrons. The molecule has 4 rings (SSSR count). The van der Waals surface area contributed by atoms with E-state index in [1.54, 1.807) is 6.07 Å². The van der Waals surface area contributed by atoms with Crippen LogP contribution in [0.1, 0.15) is 47.5 Å². The second-order valence-electron chi connectivity index (χ2n) is 7.11. The van der Waals surface area contributed by atoms with Crippen LogP contribution in [0.3, 0.4) is 0 Å². The average molecular weight is 374 g/mol. The minimum absolute atomic E-state index is 0.168. The number of carboxylic acids is 1. The first-order valence-electron chi connectivity index (χ1n) is 9.11. The number of anilines is 1. The van der Waals surface area contributed by atoms with Crippen LogP contribution in [0, 0.1) is 11.6 Å². The van der Waals surface area contributed by atoms with Crippen molar-refractivity contribution in [3.8, 4) is 5.75 Å². The van der Waals surface area contributed by atoms with E-state index in [0.29, 0.717) is 18.1 Å². The summed E-state index contributed by atoms with van der Waals surface area (Å²) in [5.74, 6) is -1.09. The Morgan fingerprint density at radius 3 is 2.70 bits per heavy atom. The molecule has 7 heteroatoms. The fourth-order valence-electron chi connectivity index (χ4n) is 3.53. The predicted molar refractivity (Wildman–Crippen MR) is 95.4 cm³/mol. The highest BCUT2D eigenvalue weighted by Crippen LogP contribution is 2.45. The zero-order valence-electron chi connectivity index (χ0n) is 14.7. The maximum absolute atomic E-state index is 14.2. The van der Waals surface area contributed by atoms with Crippen molar-refractivity contribution in [3.63, 3.8) is 0 Å². The van der Waals surface area contributed by atoms with Crippen molar-refractivity contribution in [1.82, 2.24) is 4.98 Å². The van der Waals surface area contributed by atoms with Gasteiger partial charge in [-0.05, 0) is 55.4 Å². The van der Waals surface area contributed by atoms with E-state index in [-0.39, 0.29) is 23.4 Å². The summed E-state index contributed by atoms with van der Waals surface area (Å²) in [7, 11) is 0. The van der Waals surface area contributed by atoms with E-state index in [1.807, 2.05) is 4.90 Å². The molecule has 1 aliphatic heterocycles. The van der Waals surface area contributed by atoms with Crippen LogP contribution in [-0.4, -0.2) is 35.3 Å². The third-order valence-corrected chi connectivity index (χ3v) is 5.05. The standard InChI is InChI=1S/C20H20F2N2O3/c21-13-5-6-19(23-10-13)24-7-1-2-14(11-24)27-18-9-17(22)16(20(25)26)8-15(18)12-3-4-12/h5-6,8-10,12,14H,1-4,7,11H2,(H,25,26). The SMILES string of the molecule is O=C(O)c1cc(C2CC2)c(OC2CCCN(c3ccc(F)cn3)C2)cc1F. The molecule has 5 nitrogen and oxygen atoms in total. The molecule has 27 heavy (non-hydrogen) atoms. The van der Waals surface area contributed by atoms with Gasteiger partial charge in [0.1, 0.15) is 29.3 Å². The molecule has 2 aliphatic rings. The summed E-state index contributed by atoms with van der Waals surface area (Å²) in [4.78, 5) is 17.4. The van der Waals surface area contributed by atoms with E-state index >= 15 is 0 Å². The lowest BCUT2D eigenvalue weighted by atomic mass is 10.0. The minimum atomic E-state index is -1.27. The fraction of sp³-hybridized carbons (Fsp3) is 0.400. The smallest absolute Gasteiger partial charge is 0.338 e. The molecule has 1 unspecified atom stereocenters. The molecular formula is C20H20F2N2O3. The number of halogens is 2. The molecule has 0 bridgehead atoms. The highest BCUT2D eigenvalue weighted by atomic mass is 19.1. The molecular weight excluding hydrogens is 354 g/mol. The second-order valence-corrected chi connectivity index (χ2v) is 7.11. The molecule has 2 fully saturated rings. The number of nitrogens with zero attached hydrogens (tertiary/aromatic N) is 2. The summed E-state index contributed by atoms with van der Waals surface area (Å²) in [5, 5.41) is 9.16. The Balaban J connectivity index is 1.54. The van der Waals surface area contributed by atoms with Gasteiger partial charge < -0.3 is 14.7 Å². The minimum Gasteiger partial charge on any atom is -0.488 e. The van der Waals surface area contributed by atoms with Crippen LogP contribution >= 0.6 is 0 Å². The zero-order valence-corrected chi connectivity index (χ0v) is 14.7. The molecule has 0 amide bonds. The number of hydrogen-bond acceptors (Lipinski definition) is 4. The van der Waals surface area contributed by atoms with Crippen molar-refractivity contribution in [2.75, 3.05) is 18.0 Å². The summed E-state index contributed by atoms with van der Waals surface area (Å²) >= 11 is 0. The predicted octanol–water partition coefficient (Wildman–Crippen LogP) is 3.98. The maximum Gasteiger partial charge on any atom is 0.338 e. The molecule has 1 saturated heterocycles. The summed E-state index contributed by atoms with van der Waals surface area (Å²) < 4.78 is 33.4. The van der Waals surface area contributed by atoms with Crippen molar-refractivity contribution >= 4 is 11.8 Å². The van der Waals surface area contributed by atoms with Crippen LogP contribution in [0.25, 0.3) is 0 Å². The number of carbonyl (C=O) groups is 1. The Labute approximate surface area is 155 Å². The largest absolute Gasteiger partial charge is 0.488 e. The van der Waals surface area contributed by atoms with Crippen LogP contribution in [0.4, 0.5) is 14.6 Å². The number of hydrogen-bond donors (Lipinski definition) is 1. The molecule has 1 N–H and O–H groups in total. The van der Waals surface area contributed by atoms with Gasteiger partial charge in [0.25, 0.3) is 0 Å². The van der Waals surface area contributed by atoms with Gasteiger partial charge in [-0.3, -0.25) is 0 Å². The van der Waals surface area contributed by atoms with Crippen LogP contribution in [0.2, 0.25) is 0 Å². The van der Waals surface area contributed by atoms with E-state index in [1.165, 1.54) is 24.4 Å². The monoisotopic (exact) mass is 374 g/mol. The first kappa shape index (κ1) is 17.7. The highest BCUT2D eigenvalue weighted by Gasteiger charge is 2.31. The molecule has 1 atom stereocenters. The molecule has 1 aromatic carbocycles. The third kappa shape index (κ3) is 3.86. The average Bonchev–Trinajstić information content (AvgIpc) is 3.47. The molecule has 0 radical (unpaired) electrons. The van der Waals surface area contributed by atoms with Gasteiger partial charge in [0.05, 0.1) is 18.3 Å². The van der Waals surface area contributed by atoms with Crippen LogP contribution in [0.5, 0.6) is 5.75 Å². The first-order valence-corrected chi connectivity index (χ1v) is 9.11. The van der Waals surface area contributed by atoms with Gasteiger partial charge in [-0.1, -0.05) is 0 Å². The van der Waals surface area contributed by atoms with Crippen LogP contribution in [0.15, 0.2) is 30.5 Å². The topological polar surface area (TPSA) is 62.7 Å². The van der Waals surface area contributed by atoms with Gasteiger partial charge in [0, 0.05) is 12.6 Å². The van der Waals surface area contributed by atoms with Gasteiger partial charge in [0.15, 0.2) is 0 Å². The molecule has 1 saturated carbocycles. The molecule has 1 aliphatic carbocycles. The highest BCUT2D eigenvalue weighted by molar-refractivity contribution is 5.88. The van der Waals surface area contributed by atoms with Gasteiger partial charge >= 0.3 is 5.97 Å². The Morgan fingerprint density at radius 1 is 1.22 bits per heavy atom. The maximum atomic E-state index is 14.2. The van der Waals surface area contributed by atoms with Gasteiger partial charge in [-0.2, -0.15) is 0 Å². The summed E-state index contributed by atoms with van der Waals surface area (Å²) in [6.45, 7) is 1.35. The summed E-state index contributed by atoms with van der Waals surface area (Å²) in [5.41, 5.74) is 0.455. The fourth-order valence-corrected chi connectivity index (χ4v) is 3.53. The second kappa shape index (κ2) is 7.13. The van der Waals surface area contributed by atoms with E-state index < -0.39 is 11.8 Å². The third-order valence-electron chi connectivity index (χ3n) is 5.05. The number of aromatic carboxylic acids is 1. The number of aromatic nitrogens is 1. The normalized spacial score (nSPS) is 19.8. The number of benzene rings is 1. The van der Waals surface area contributed by atoms with E-state index in [0.717, 1.165) is 37.8 Å². The Hall–Kier alpha value is -2.70. The lowest BCUT2D eigenvalue weighted by Gasteiger charge is -2.34. The zero-order chi connectivity index (χ0) is 19.0. The van der Waals surface area contributed by atoms with Crippen LogP contribution in [-0.2, 0) is 0 Å². The van der Waals surface area contributed by atoms with E-state index in [4.69, 9.17) is 9.84 Å². The summed E-state index contributed by atoms with van der Waals surface area (Å²) in [6, 6.07) is 5.62. The van der Waals surface area contributed by atoms with Crippen molar-refractivity contribution in [2.24, 2.45) is 0 Å². The van der Waals surface area contributed by atoms with Gasteiger partial charge in [-0.25, -0.2) is 18.6 Å².